The summed E-state index contributed by atoms with van der Waals surface area (Å²) < 4.78 is 5.86. The van der Waals surface area contributed by atoms with Crippen molar-refractivity contribution in [3.05, 3.63) is 89.7 Å². The van der Waals surface area contributed by atoms with Crippen LogP contribution in [0.2, 0.25) is 0 Å². The van der Waals surface area contributed by atoms with E-state index in [1.54, 1.807) is 6.21 Å². The second kappa shape index (κ2) is 6.93. The monoisotopic (exact) mass is 301 g/mol. The second-order valence-corrected chi connectivity index (χ2v) is 5.54. The van der Waals surface area contributed by atoms with Gasteiger partial charge in [-0.1, -0.05) is 66.2 Å². The normalized spacial score (nSPS) is 10.9. The molecule has 0 bridgehead atoms. The molecular weight excluding hydrogens is 282 g/mol. The lowest BCUT2D eigenvalue weighted by molar-refractivity contribution is 0.575. The van der Waals surface area contributed by atoms with Gasteiger partial charge in [-0.15, -0.1) is 0 Å². The summed E-state index contributed by atoms with van der Waals surface area (Å²) in [7, 11) is 0. The van der Waals surface area contributed by atoms with Crippen LogP contribution >= 0.6 is 0 Å². The molecule has 1 aromatic heterocycles. The van der Waals surface area contributed by atoms with Gasteiger partial charge in [-0.3, -0.25) is 4.99 Å². The summed E-state index contributed by atoms with van der Waals surface area (Å²) >= 11 is 0. The molecule has 0 aliphatic carbocycles. The number of aliphatic imine (C=N–C) groups is 1. The molecule has 0 atom stereocenters. The highest BCUT2D eigenvalue weighted by atomic mass is 16.3. The zero-order valence-corrected chi connectivity index (χ0v) is 13.4. The van der Waals surface area contributed by atoms with Crippen molar-refractivity contribution < 1.29 is 4.42 Å². The molecule has 1 heterocycles. The van der Waals surface area contributed by atoms with Crippen LogP contribution in [0.25, 0.3) is 17.0 Å². The van der Waals surface area contributed by atoms with E-state index in [4.69, 9.17) is 4.42 Å². The number of rotatable bonds is 4. The maximum Gasteiger partial charge on any atom is 0.145 e. The van der Waals surface area contributed by atoms with Gasteiger partial charge in [0, 0.05) is 11.1 Å². The summed E-state index contributed by atoms with van der Waals surface area (Å²) in [5.74, 6) is 1.60. The molecule has 0 amide bonds. The Bertz CT molecular complexity index is 823. The van der Waals surface area contributed by atoms with Gasteiger partial charge in [0.05, 0.1) is 11.9 Å². The van der Waals surface area contributed by atoms with Crippen LogP contribution in [0.1, 0.15) is 25.2 Å². The number of hydrogen-bond acceptors (Lipinski definition) is 2. The molecule has 3 rings (SSSR count). The van der Waals surface area contributed by atoms with E-state index in [9.17, 15) is 0 Å². The molecule has 0 unspecified atom stereocenters. The first-order valence-electron chi connectivity index (χ1n) is 7.66. The van der Waals surface area contributed by atoms with E-state index in [2.05, 4.69) is 31.0 Å². The number of allylic oxidation sites excluding steroid dienone is 1. The van der Waals surface area contributed by atoms with Gasteiger partial charge in [-0.25, -0.2) is 0 Å². The van der Waals surface area contributed by atoms with Gasteiger partial charge in [0.15, 0.2) is 0 Å². The van der Waals surface area contributed by atoms with Crippen LogP contribution in [0.4, 0.5) is 0 Å². The largest absolute Gasteiger partial charge is 0.455 e. The zero-order valence-electron chi connectivity index (χ0n) is 13.4. The summed E-state index contributed by atoms with van der Waals surface area (Å²) in [4.78, 5) is 4.63. The average molecular weight is 301 g/mol. The van der Waals surface area contributed by atoms with Crippen LogP contribution in [-0.4, -0.2) is 6.21 Å². The predicted molar refractivity (Wildman–Crippen MR) is 96.4 cm³/mol. The fraction of sp³-hybridized carbons (Fsp3) is 0.0952. The highest BCUT2D eigenvalue weighted by Gasteiger charge is 2.04. The standard InChI is InChI=1S/C21H19NO/c1-16(2)21(18-11-7-4-8-12-18)22-15-19-13-14-20(23-19)17-9-5-3-6-10-17/h3-15H,1-2H3. The van der Waals surface area contributed by atoms with Crippen molar-refractivity contribution >= 4 is 11.9 Å². The minimum Gasteiger partial charge on any atom is -0.455 e. The fourth-order valence-corrected chi connectivity index (χ4v) is 2.40. The molecule has 0 spiro atoms. The molecular formula is C21H19NO. The van der Waals surface area contributed by atoms with Gasteiger partial charge in [0.1, 0.15) is 11.5 Å². The van der Waals surface area contributed by atoms with Crippen LogP contribution in [0.15, 0.2) is 87.8 Å². The first-order valence-corrected chi connectivity index (χ1v) is 7.66. The van der Waals surface area contributed by atoms with Crippen molar-refractivity contribution in [2.24, 2.45) is 4.99 Å². The SMILES string of the molecule is CC(C)=C(N=Cc1ccc(-c2ccccc2)o1)c1ccccc1. The average Bonchev–Trinajstić information content (AvgIpc) is 3.05. The third kappa shape index (κ3) is 3.67. The Morgan fingerprint density at radius 3 is 2.13 bits per heavy atom. The number of nitrogens with zero attached hydrogens (tertiary/aromatic N) is 1. The molecule has 0 fully saturated rings. The van der Waals surface area contributed by atoms with Crippen molar-refractivity contribution in [3.63, 3.8) is 0 Å². The molecule has 2 heteroatoms. The molecule has 0 saturated carbocycles. The van der Waals surface area contributed by atoms with E-state index in [1.807, 2.05) is 60.7 Å². The molecule has 0 radical (unpaired) electrons. The maximum atomic E-state index is 5.86. The number of furan rings is 1. The van der Waals surface area contributed by atoms with E-state index in [0.29, 0.717) is 0 Å². The van der Waals surface area contributed by atoms with Gasteiger partial charge in [-0.2, -0.15) is 0 Å². The van der Waals surface area contributed by atoms with Crippen molar-refractivity contribution in [2.75, 3.05) is 0 Å². The van der Waals surface area contributed by atoms with Crippen LogP contribution in [0, 0.1) is 0 Å². The van der Waals surface area contributed by atoms with E-state index >= 15 is 0 Å². The molecule has 23 heavy (non-hydrogen) atoms. The van der Waals surface area contributed by atoms with E-state index < -0.39 is 0 Å². The fourth-order valence-electron chi connectivity index (χ4n) is 2.40. The summed E-state index contributed by atoms with van der Waals surface area (Å²) in [6, 6.07) is 24.2. The van der Waals surface area contributed by atoms with Gasteiger partial charge in [0.25, 0.3) is 0 Å². The smallest absolute Gasteiger partial charge is 0.145 e. The summed E-state index contributed by atoms with van der Waals surface area (Å²) in [6.07, 6.45) is 1.78. The summed E-state index contributed by atoms with van der Waals surface area (Å²) in [5.41, 5.74) is 4.32. The topological polar surface area (TPSA) is 25.5 Å². The van der Waals surface area contributed by atoms with Crippen molar-refractivity contribution in [2.45, 2.75) is 13.8 Å². The number of benzene rings is 2. The third-order valence-corrected chi connectivity index (χ3v) is 3.53. The second-order valence-electron chi connectivity index (χ2n) is 5.54. The predicted octanol–water partition coefficient (Wildman–Crippen LogP) is 5.82. The lowest BCUT2D eigenvalue weighted by Gasteiger charge is -2.04. The van der Waals surface area contributed by atoms with Gasteiger partial charge in [0.2, 0.25) is 0 Å². The van der Waals surface area contributed by atoms with E-state index in [0.717, 1.165) is 28.3 Å². The lowest BCUT2D eigenvalue weighted by Crippen LogP contribution is -1.85. The Kier molecular flexibility index (Phi) is 4.53. The lowest BCUT2D eigenvalue weighted by atomic mass is 10.1. The molecule has 0 N–H and O–H groups in total. The van der Waals surface area contributed by atoms with E-state index in [-0.39, 0.29) is 0 Å². The molecule has 0 aliphatic rings. The summed E-state index contributed by atoms with van der Waals surface area (Å²) in [5, 5.41) is 0. The molecule has 3 aromatic rings. The van der Waals surface area contributed by atoms with Gasteiger partial charge in [-0.05, 0) is 26.0 Å². The molecule has 114 valence electrons. The Morgan fingerprint density at radius 2 is 1.48 bits per heavy atom. The van der Waals surface area contributed by atoms with E-state index in [1.165, 1.54) is 5.57 Å². The van der Waals surface area contributed by atoms with Crippen LogP contribution < -0.4 is 0 Å². The minimum absolute atomic E-state index is 0.749. The summed E-state index contributed by atoms with van der Waals surface area (Å²) in [6.45, 7) is 4.13. The van der Waals surface area contributed by atoms with Crippen molar-refractivity contribution in [3.8, 4) is 11.3 Å². The molecule has 2 aromatic carbocycles. The molecule has 0 aliphatic heterocycles. The molecule has 0 saturated heterocycles. The van der Waals surface area contributed by atoms with Crippen LogP contribution in [-0.2, 0) is 0 Å². The Balaban J connectivity index is 1.85. The highest BCUT2D eigenvalue weighted by Crippen LogP contribution is 2.23. The van der Waals surface area contributed by atoms with Crippen molar-refractivity contribution in [1.29, 1.82) is 0 Å². The zero-order chi connectivity index (χ0) is 16.1. The van der Waals surface area contributed by atoms with Gasteiger partial charge < -0.3 is 4.42 Å². The minimum atomic E-state index is 0.749. The Labute approximate surface area is 136 Å². The quantitative estimate of drug-likeness (QED) is 0.558. The highest BCUT2D eigenvalue weighted by molar-refractivity contribution is 5.84. The van der Waals surface area contributed by atoms with Gasteiger partial charge >= 0.3 is 0 Å². The molecule has 2 nitrogen and oxygen atoms in total. The first kappa shape index (κ1) is 15.0. The Hall–Kier alpha value is -2.87. The van der Waals surface area contributed by atoms with Crippen molar-refractivity contribution in [1.82, 2.24) is 0 Å². The third-order valence-electron chi connectivity index (χ3n) is 3.53. The first-order chi connectivity index (χ1) is 11.2. The number of hydrogen-bond donors (Lipinski definition) is 0. The maximum absolute atomic E-state index is 5.86. The van der Waals surface area contributed by atoms with Crippen LogP contribution in [0.5, 0.6) is 0 Å². The Morgan fingerprint density at radius 1 is 0.826 bits per heavy atom. The van der Waals surface area contributed by atoms with Crippen LogP contribution in [0.3, 0.4) is 0 Å².